The number of ether oxygens (including phenoxy) is 1. The number of amidine groups is 1. The summed E-state index contributed by atoms with van der Waals surface area (Å²) in [5.41, 5.74) is 0.523. The highest BCUT2D eigenvalue weighted by Crippen LogP contribution is 2.36. The van der Waals surface area contributed by atoms with Crippen LogP contribution in [0.2, 0.25) is 0 Å². The number of aromatic nitrogens is 4. The van der Waals surface area contributed by atoms with Crippen molar-refractivity contribution < 1.29 is 4.74 Å². The lowest BCUT2D eigenvalue weighted by atomic mass is 9.82. The van der Waals surface area contributed by atoms with E-state index in [1.54, 1.807) is 6.33 Å². The van der Waals surface area contributed by atoms with Crippen LogP contribution in [0, 0.1) is 12.8 Å². The molecule has 0 amide bonds. The number of nitrogens with zero attached hydrogens (tertiary/aromatic N) is 6. The number of anilines is 1. The number of nitrogens with one attached hydrogen (secondary N) is 1. The van der Waals surface area contributed by atoms with Crippen LogP contribution in [-0.4, -0.2) is 50.8 Å². The molecule has 0 aromatic carbocycles. The van der Waals surface area contributed by atoms with E-state index in [0.29, 0.717) is 24.9 Å². The monoisotopic (exact) mass is 338 g/mol. The van der Waals surface area contributed by atoms with E-state index in [0.717, 1.165) is 24.5 Å². The summed E-state index contributed by atoms with van der Waals surface area (Å²) >= 11 is 0. The maximum atomic E-state index is 6.14. The molecule has 2 aliphatic rings. The largest absolute Gasteiger partial charge is 0.659 e. The van der Waals surface area contributed by atoms with Crippen LogP contribution in [0.5, 0.6) is 0 Å². The summed E-state index contributed by atoms with van der Waals surface area (Å²) in [7, 11) is 0. The van der Waals surface area contributed by atoms with Gasteiger partial charge in [0.05, 0.1) is 12.2 Å². The zero-order valence-corrected chi connectivity index (χ0v) is 14.1. The number of hydrogen-bond donors (Lipinski definition) is 1. The summed E-state index contributed by atoms with van der Waals surface area (Å²) in [6.07, 6.45) is 8.03. The van der Waals surface area contributed by atoms with Crippen LogP contribution in [0.4, 0.5) is 5.82 Å². The van der Waals surface area contributed by atoms with Crippen LogP contribution in [0.3, 0.4) is 0 Å². The van der Waals surface area contributed by atoms with Crippen LogP contribution < -0.4 is 5.32 Å². The SMILES string of the molecule is C=C[C@H]1CC[N-]C[C@@]12CN=C(Nc1cc(-n3cnc(C)c3)ncn1)O2. The van der Waals surface area contributed by atoms with Gasteiger partial charge >= 0.3 is 0 Å². The quantitative estimate of drug-likeness (QED) is 0.865. The number of hydrogen-bond acceptors (Lipinski definition) is 6. The normalized spacial score (nSPS) is 25.5. The Hall–Kier alpha value is -2.74. The number of piperidine rings is 1. The topological polar surface area (TPSA) is 91.3 Å². The smallest absolute Gasteiger partial charge is 0.291 e. The van der Waals surface area contributed by atoms with Crippen molar-refractivity contribution in [2.24, 2.45) is 10.9 Å². The maximum Gasteiger partial charge on any atom is 0.291 e. The molecule has 8 nitrogen and oxygen atoms in total. The van der Waals surface area contributed by atoms with Gasteiger partial charge in [-0.05, 0) is 6.92 Å². The molecule has 0 saturated carbocycles. The number of rotatable bonds is 3. The Morgan fingerprint density at radius 2 is 2.36 bits per heavy atom. The average molecular weight is 338 g/mol. The van der Waals surface area contributed by atoms with Gasteiger partial charge in [-0.25, -0.2) is 19.9 Å². The Kier molecular flexibility index (Phi) is 3.96. The minimum Gasteiger partial charge on any atom is -0.659 e. The van der Waals surface area contributed by atoms with Gasteiger partial charge in [-0.3, -0.25) is 9.88 Å². The van der Waals surface area contributed by atoms with E-state index in [-0.39, 0.29) is 5.92 Å². The summed E-state index contributed by atoms with van der Waals surface area (Å²) in [5, 5.41) is 7.64. The zero-order chi connectivity index (χ0) is 17.3. The first-order valence-electron chi connectivity index (χ1n) is 8.28. The highest BCUT2D eigenvalue weighted by Gasteiger charge is 2.42. The molecule has 4 heterocycles. The Labute approximate surface area is 146 Å². The predicted octanol–water partition coefficient (Wildman–Crippen LogP) is 2.09. The van der Waals surface area contributed by atoms with Crippen molar-refractivity contribution in [2.75, 3.05) is 25.0 Å². The summed E-state index contributed by atoms with van der Waals surface area (Å²) in [6.45, 7) is 7.94. The minimum atomic E-state index is -0.403. The summed E-state index contributed by atoms with van der Waals surface area (Å²) in [6, 6.07) is 2.30. The van der Waals surface area contributed by atoms with Crippen LogP contribution >= 0.6 is 0 Å². The van der Waals surface area contributed by atoms with Gasteiger partial charge in [0.1, 0.15) is 29.9 Å². The molecule has 1 spiro atoms. The second-order valence-corrected chi connectivity index (χ2v) is 6.33. The zero-order valence-electron chi connectivity index (χ0n) is 14.1. The highest BCUT2D eigenvalue weighted by atomic mass is 16.5. The minimum absolute atomic E-state index is 0.253. The van der Waals surface area contributed by atoms with Crippen molar-refractivity contribution in [1.82, 2.24) is 19.5 Å². The Morgan fingerprint density at radius 3 is 3.16 bits per heavy atom. The molecular formula is C17H20N7O-. The molecule has 2 aliphatic heterocycles. The van der Waals surface area contributed by atoms with Crippen LogP contribution in [0.25, 0.3) is 11.1 Å². The van der Waals surface area contributed by atoms with E-state index >= 15 is 0 Å². The lowest BCUT2D eigenvalue weighted by Gasteiger charge is -2.45. The summed E-state index contributed by atoms with van der Waals surface area (Å²) < 4.78 is 7.98. The first kappa shape index (κ1) is 15.8. The molecule has 8 heteroatoms. The van der Waals surface area contributed by atoms with E-state index in [1.807, 2.05) is 29.8 Å². The van der Waals surface area contributed by atoms with Gasteiger partial charge in [0, 0.05) is 18.2 Å². The van der Waals surface area contributed by atoms with Crippen LogP contribution in [-0.2, 0) is 4.74 Å². The average Bonchev–Trinajstić information content (AvgIpc) is 3.23. The predicted molar refractivity (Wildman–Crippen MR) is 95.0 cm³/mol. The number of imidazole rings is 1. The molecule has 1 N–H and O–H groups in total. The highest BCUT2D eigenvalue weighted by molar-refractivity contribution is 5.89. The van der Waals surface area contributed by atoms with E-state index in [4.69, 9.17) is 4.74 Å². The molecule has 2 aromatic rings. The van der Waals surface area contributed by atoms with Crippen molar-refractivity contribution in [1.29, 1.82) is 0 Å². The molecule has 0 unspecified atom stereocenters. The first-order chi connectivity index (χ1) is 12.2. The molecule has 0 radical (unpaired) electrons. The van der Waals surface area contributed by atoms with Gasteiger partial charge in [-0.15, -0.1) is 19.7 Å². The molecular weight excluding hydrogens is 318 g/mol. The Morgan fingerprint density at radius 1 is 1.44 bits per heavy atom. The first-order valence-corrected chi connectivity index (χ1v) is 8.28. The van der Waals surface area contributed by atoms with Crippen LogP contribution in [0.15, 0.2) is 42.6 Å². The molecule has 2 atom stereocenters. The fourth-order valence-electron chi connectivity index (χ4n) is 3.23. The van der Waals surface area contributed by atoms with Gasteiger partial charge in [0.25, 0.3) is 6.02 Å². The van der Waals surface area contributed by atoms with Gasteiger partial charge in [-0.1, -0.05) is 12.5 Å². The number of aryl methyl sites for hydroxylation is 1. The third kappa shape index (κ3) is 3.00. The fraction of sp³-hybridized carbons (Fsp3) is 0.412. The molecule has 25 heavy (non-hydrogen) atoms. The summed E-state index contributed by atoms with van der Waals surface area (Å²) in [4.78, 5) is 17.2. The van der Waals surface area contributed by atoms with Crippen molar-refractivity contribution in [3.63, 3.8) is 0 Å². The van der Waals surface area contributed by atoms with E-state index in [9.17, 15) is 0 Å². The second-order valence-electron chi connectivity index (χ2n) is 6.33. The molecule has 0 bridgehead atoms. The molecule has 130 valence electrons. The summed E-state index contributed by atoms with van der Waals surface area (Å²) in [5.74, 6) is 1.60. The standard InChI is InChI=1S/C17H20N7O/c1-3-13-4-5-18-8-17(13)9-19-16(25-17)23-14-6-15(21-10-20-14)24-7-12(2)22-11-24/h3,6-7,10-11,13H,1,4-5,8-9H2,2H3,(H,19,20,21,23)/q-1/t13-,17+/m0/s1. The number of aliphatic imine (C=N–C) groups is 1. The van der Waals surface area contributed by atoms with Crippen molar-refractivity contribution in [2.45, 2.75) is 18.9 Å². The van der Waals surface area contributed by atoms with Gasteiger partial charge in [-0.2, -0.15) is 0 Å². The third-order valence-corrected chi connectivity index (χ3v) is 4.59. The Balaban J connectivity index is 1.49. The van der Waals surface area contributed by atoms with Gasteiger partial charge in [0.15, 0.2) is 0 Å². The van der Waals surface area contributed by atoms with Crippen molar-refractivity contribution in [3.8, 4) is 5.82 Å². The molecule has 2 aromatic heterocycles. The lowest BCUT2D eigenvalue weighted by molar-refractivity contribution is 0.0461. The fourth-order valence-corrected chi connectivity index (χ4v) is 3.23. The molecule has 1 saturated heterocycles. The molecule has 1 fully saturated rings. The van der Waals surface area contributed by atoms with E-state index in [1.165, 1.54) is 6.33 Å². The lowest BCUT2D eigenvalue weighted by Crippen LogP contribution is -2.47. The third-order valence-electron chi connectivity index (χ3n) is 4.59. The molecule has 0 aliphatic carbocycles. The second kappa shape index (κ2) is 6.29. The van der Waals surface area contributed by atoms with Crippen molar-refractivity contribution >= 4 is 11.8 Å². The van der Waals surface area contributed by atoms with E-state index < -0.39 is 5.60 Å². The van der Waals surface area contributed by atoms with Crippen LogP contribution in [0.1, 0.15) is 12.1 Å². The maximum absolute atomic E-state index is 6.14. The van der Waals surface area contributed by atoms with Gasteiger partial charge in [0.2, 0.25) is 0 Å². The van der Waals surface area contributed by atoms with Gasteiger partial charge < -0.3 is 10.1 Å². The van der Waals surface area contributed by atoms with Crippen molar-refractivity contribution in [3.05, 3.63) is 48.6 Å². The van der Waals surface area contributed by atoms with E-state index in [2.05, 4.69) is 37.2 Å². The molecule has 4 rings (SSSR count). The Bertz CT molecular complexity index is 815.